The summed E-state index contributed by atoms with van der Waals surface area (Å²) in [4.78, 5) is 81.0. The van der Waals surface area contributed by atoms with Crippen LogP contribution in [0.3, 0.4) is 0 Å². The number of esters is 1. The van der Waals surface area contributed by atoms with Crippen molar-refractivity contribution in [3.63, 3.8) is 0 Å². The molecule has 5 aliphatic heterocycles. The Morgan fingerprint density at radius 2 is 1.20 bits per heavy atom. The smallest absolute Gasteiger partial charge is 0.308 e. The van der Waals surface area contributed by atoms with Crippen LogP contribution in [0, 0.1) is 17.8 Å². The van der Waals surface area contributed by atoms with Crippen molar-refractivity contribution in [3.05, 3.63) is 85.1 Å². The van der Waals surface area contributed by atoms with E-state index in [1.165, 1.54) is 16.7 Å². The first-order valence-electron chi connectivity index (χ1n) is 32.0. The van der Waals surface area contributed by atoms with Gasteiger partial charge in [-0.3, -0.25) is 28.8 Å². The topological polar surface area (TPSA) is 399 Å². The number of carbonyl (C=O) groups is 6. The van der Waals surface area contributed by atoms with Crippen LogP contribution in [0.25, 0.3) is 0 Å². The fourth-order valence-electron chi connectivity index (χ4n) is 12.0. The lowest BCUT2D eigenvalue weighted by molar-refractivity contribution is -0.302. The Labute approximate surface area is 533 Å². The predicted molar refractivity (Wildman–Crippen MR) is 333 cm³/mol. The van der Waals surface area contributed by atoms with Crippen molar-refractivity contribution in [3.8, 4) is 0 Å². The first kappa shape index (κ1) is 76.2. The first-order chi connectivity index (χ1) is 43.3. The van der Waals surface area contributed by atoms with Gasteiger partial charge in [-0.1, -0.05) is 98.9 Å². The molecule has 5 rings (SSSR count). The number of aliphatic hydroxyl groups is 9. The molecule has 4 saturated heterocycles. The van der Waals surface area contributed by atoms with Gasteiger partial charge in [0.1, 0.15) is 18.2 Å². The molecule has 20 atom stereocenters. The van der Waals surface area contributed by atoms with Crippen molar-refractivity contribution in [1.82, 2.24) is 25.8 Å². The summed E-state index contributed by atoms with van der Waals surface area (Å²) in [6.45, 7) is 8.68. The number of likely N-dealkylation sites (tertiary alicyclic amines) is 2. The summed E-state index contributed by atoms with van der Waals surface area (Å²) in [6.07, 6.45) is 8.90. The van der Waals surface area contributed by atoms with Crippen LogP contribution in [0.2, 0.25) is 0 Å². The molecule has 26 heteroatoms. The number of cyclic esters (lactones) is 1. The average molecular weight is 1290 g/mol. The van der Waals surface area contributed by atoms with E-state index < -0.39 is 171 Å². The summed E-state index contributed by atoms with van der Waals surface area (Å²) >= 11 is 0. The quantitative estimate of drug-likeness (QED) is 0.0854. The van der Waals surface area contributed by atoms with Gasteiger partial charge < -0.3 is 101 Å². The number of rotatable bonds is 13. The highest BCUT2D eigenvalue weighted by Gasteiger charge is 2.50. The van der Waals surface area contributed by atoms with E-state index in [1.54, 1.807) is 69.4 Å². The zero-order valence-electron chi connectivity index (χ0n) is 53.2. The molecule has 4 unspecified atom stereocenters. The zero-order valence-corrected chi connectivity index (χ0v) is 53.2. The molecular weight excluding hydrogens is 1180 g/mol. The molecule has 5 heterocycles. The minimum absolute atomic E-state index is 0.0193. The van der Waals surface area contributed by atoms with Crippen molar-refractivity contribution >= 4 is 35.5 Å². The van der Waals surface area contributed by atoms with Crippen LogP contribution in [-0.4, -0.2) is 241 Å². The molecule has 0 spiro atoms. The zero-order chi connectivity index (χ0) is 66.8. The maximum Gasteiger partial charge on any atom is 0.308 e. The minimum atomic E-state index is -2.32. The molecule has 5 amide bonds. The second kappa shape index (κ2) is 38.6. The molecule has 0 aromatic rings. The molecule has 0 aromatic heterocycles. The van der Waals surface area contributed by atoms with Gasteiger partial charge in [-0.05, 0) is 58.8 Å². The van der Waals surface area contributed by atoms with Gasteiger partial charge in [0.2, 0.25) is 29.5 Å². The largest absolute Gasteiger partial charge is 0.462 e. The number of allylic oxidation sites excluding steroid dienone is 12. The molecule has 0 aliphatic carbocycles. The van der Waals surface area contributed by atoms with Crippen LogP contribution in [0.1, 0.15) is 118 Å². The number of ether oxygens (including phenoxy) is 5. The predicted octanol–water partition coefficient (Wildman–Crippen LogP) is 0.0234. The lowest BCUT2D eigenvalue weighted by Crippen LogP contribution is -2.58. The SMILES string of the molecule is CC(=O)N1CCC[C@H]1C(=O)NCC(=O)N1CCC[C@H]1C(=O)NCCOCCNC(=O)[C@H]1[C@@H]2C[C@@H](OC3CC(N)C(O)C(C)O3)/C=C/C=C/C=C/C=C/C=C/C=C/C=C/[C@H](C)[C@@H](O)[C@@H](C)[C@H](C)OC(=O)C[C@H](O)C[C@H](O)CC[C@@H](O)[C@H](O)C[C@H](O)C[C@](O)(C[C@@H]1O)O2. The molecule has 512 valence electrons. The van der Waals surface area contributed by atoms with E-state index in [1.807, 2.05) is 43.4 Å². The molecule has 91 heavy (non-hydrogen) atoms. The van der Waals surface area contributed by atoms with Gasteiger partial charge in [0.25, 0.3) is 0 Å². The molecule has 0 saturated carbocycles. The fraction of sp³-hybridized carbons (Fsp3) is 0.692. The Hall–Kier alpha value is -5.56. The Morgan fingerprint density at radius 3 is 1.81 bits per heavy atom. The first-order valence-corrected chi connectivity index (χ1v) is 32.0. The number of hydrogen-bond donors (Lipinski definition) is 13. The highest BCUT2D eigenvalue weighted by atomic mass is 16.7. The standard InChI is InChI=1S/C65H102N6O20/c1-40-20-16-14-12-10-8-6-7-9-11-13-15-17-21-48(90-58-36-49(66)61(82)43(4)89-58)35-55-59(64(85)68-27-31-87-30-26-67-62(83)51-23-19-29-71(51)56(79)39-69-63(84)50-22-18-28-70(50)44(5)72)54(78)38-65(86,91-55)37-47(75)33-53(77)52(76)25-24-45(73)32-46(74)34-57(80)88-42(3)41(2)60(40)81/h6-17,20-21,40-43,45-55,58-61,73-78,81-82,86H,18-19,22-39,66H2,1-5H3,(H,67,83)(H,68,85)(H,69,84)/b7-6+,10-8+,11-9+,14-12+,15-13+,20-16+,21-17+/t40-,41-,42-,43?,45+,46+,47-,48-,49?,50-,51-,52+,53+,54-,55-,58?,59+,60+,61?,65+/m0/s1. The van der Waals surface area contributed by atoms with E-state index in [4.69, 9.17) is 29.4 Å². The number of aliphatic hydroxyl groups excluding tert-OH is 8. The van der Waals surface area contributed by atoms with E-state index >= 15 is 0 Å². The summed E-state index contributed by atoms with van der Waals surface area (Å²) in [5.74, 6) is -7.35. The molecule has 14 N–H and O–H groups in total. The van der Waals surface area contributed by atoms with Crippen molar-refractivity contribution in [2.24, 2.45) is 23.5 Å². The van der Waals surface area contributed by atoms with Crippen molar-refractivity contribution in [2.75, 3.05) is 45.9 Å². The number of fused-ring (bicyclic) bond motifs is 2. The third kappa shape index (κ3) is 25.4. The number of amides is 5. The third-order valence-corrected chi connectivity index (χ3v) is 17.3. The molecule has 5 aliphatic rings. The molecule has 4 fully saturated rings. The average Bonchev–Trinajstić information content (AvgIpc) is 2.06. The maximum absolute atomic E-state index is 14.2. The van der Waals surface area contributed by atoms with E-state index in [0.29, 0.717) is 38.8 Å². The van der Waals surface area contributed by atoms with E-state index in [0.717, 1.165) is 0 Å². The maximum atomic E-state index is 14.2. The summed E-state index contributed by atoms with van der Waals surface area (Å²) in [5, 5.41) is 108. The minimum Gasteiger partial charge on any atom is -0.462 e. The van der Waals surface area contributed by atoms with Crippen LogP contribution in [-0.2, 0) is 52.5 Å². The van der Waals surface area contributed by atoms with Crippen LogP contribution in [0.5, 0.6) is 0 Å². The van der Waals surface area contributed by atoms with Crippen molar-refractivity contribution in [2.45, 2.75) is 222 Å². The number of hydrogen-bond acceptors (Lipinski definition) is 21. The number of nitrogens with zero attached hydrogens (tertiary/aromatic N) is 2. The molecule has 0 aromatic carbocycles. The van der Waals surface area contributed by atoms with Crippen LogP contribution >= 0.6 is 0 Å². The Kier molecular flexibility index (Phi) is 32.3. The Morgan fingerprint density at radius 1 is 0.626 bits per heavy atom. The monoisotopic (exact) mass is 1290 g/mol. The van der Waals surface area contributed by atoms with Gasteiger partial charge in [0.05, 0.1) is 99.2 Å². The van der Waals surface area contributed by atoms with E-state index in [2.05, 4.69) is 16.0 Å². The lowest BCUT2D eigenvalue weighted by atomic mass is 9.82. The van der Waals surface area contributed by atoms with Crippen LogP contribution < -0.4 is 21.7 Å². The van der Waals surface area contributed by atoms with Gasteiger partial charge in [-0.15, -0.1) is 0 Å². The van der Waals surface area contributed by atoms with Crippen LogP contribution in [0.4, 0.5) is 0 Å². The lowest BCUT2D eigenvalue weighted by Gasteiger charge is -2.45. The third-order valence-electron chi connectivity index (χ3n) is 17.3. The van der Waals surface area contributed by atoms with E-state index in [-0.39, 0.29) is 76.8 Å². The molecule has 26 nitrogen and oxygen atoms in total. The van der Waals surface area contributed by atoms with Gasteiger partial charge in [0, 0.05) is 83.1 Å². The summed E-state index contributed by atoms with van der Waals surface area (Å²) < 4.78 is 29.9. The molecular formula is C65H102N6O20. The second-order valence-electron chi connectivity index (χ2n) is 24.6. The normalized spacial score (nSPS) is 38.2. The van der Waals surface area contributed by atoms with Gasteiger partial charge in [0.15, 0.2) is 12.1 Å². The number of nitrogens with one attached hydrogen (secondary N) is 3. The van der Waals surface area contributed by atoms with Crippen molar-refractivity contribution in [1.29, 1.82) is 0 Å². The number of carbonyl (C=O) groups excluding carboxylic acids is 6. The number of nitrogens with two attached hydrogens (primary N) is 1. The van der Waals surface area contributed by atoms with E-state index in [9.17, 15) is 74.7 Å². The summed E-state index contributed by atoms with van der Waals surface area (Å²) in [7, 11) is 0. The van der Waals surface area contributed by atoms with Gasteiger partial charge >= 0.3 is 5.97 Å². The van der Waals surface area contributed by atoms with Gasteiger partial charge in [-0.25, -0.2) is 0 Å². The molecule has 0 radical (unpaired) electrons. The highest BCUT2D eigenvalue weighted by Crippen LogP contribution is 2.38. The van der Waals surface area contributed by atoms with Gasteiger partial charge in [-0.2, -0.15) is 0 Å². The molecule has 2 bridgehead atoms. The highest BCUT2D eigenvalue weighted by molar-refractivity contribution is 5.93. The fourth-order valence-corrected chi connectivity index (χ4v) is 12.0. The van der Waals surface area contributed by atoms with Crippen molar-refractivity contribution < 1.29 is 98.4 Å². The second-order valence-corrected chi connectivity index (χ2v) is 24.6. The summed E-state index contributed by atoms with van der Waals surface area (Å²) in [6, 6.07) is -2.12. The Balaban J connectivity index is 1.26. The summed E-state index contributed by atoms with van der Waals surface area (Å²) in [5.41, 5.74) is 6.27. The van der Waals surface area contributed by atoms with Crippen LogP contribution in [0.15, 0.2) is 85.1 Å². The Bertz CT molecular complexity index is 2520.